The molecule has 0 amide bonds. The fourth-order valence-electron chi connectivity index (χ4n) is 1.74. The molecule has 104 valence electrons. The molecule has 0 fully saturated rings. The number of nitrogens with one attached hydrogen (secondary N) is 2. The number of nitrogens with zero attached hydrogens (tertiary/aromatic N) is 1. The van der Waals surface area contributed by atoms with Gasteiger partial charge in [-0.2, -0.15) is 0 Å². The van der Waals surface area contributed by atoms with Crippen LogP contribution in [-0.2, 0) is 10.0 Å². The maximum absolute atomic E-state index is 12.2. The highest BCUT2D eigenvalue weighted by Crippen LogP contribution is 2.31. The highest BCUT2D eigenvalue weighted by Gasteiger charge is 2.20. The summed E-state index contributed by atoms with van der Waals surface area (Å²) in [6.45, 7) is 1.76. The van der Waals surface area contributed by atoms with E-state index in [-0.39, 0.29) is 10.2 Å². The average molecular weight is 328 g/mol. The molecule has 8 heteroatoms. The van der Waals surface area contributed by atoms with Crippen molar-refractivity contribution in [3.63, 3.8) is 0 Å². The van der Waals surface area contributed by atoms with Crippen molar-refractivity contribution in [1.29, 1.82) is 0 Å². The second-order valence-corrected chi connectivity index (χ2v) is 7.79. The average Bonchev–Trinajstić information content (AvgIpc) is 2.93. The molecular formula is C12H10ClN3O2S2. The molecule has 0 radical (unpaired) electrons. The Morgan fingerprint density at radius 3 is 2.75 bits per heavy atom. The zero-order valence-corrected chi connectivity index (χ0v) is 12.7. The van der Waals surface area contributed by atoms with Crippen molar-refractivity contribution in [1.82, 2.24) is 9.97 Å². The lowest BCUT2D eigenvalue weighted by Gasteiger charge is -2.01. The van der Waals surface area contributed by atoms with Gasteiger partial charge in [-0.1, -0.05) is 23.7 Å². The van der Waals surface area contributed by atoms with Gasteiger partial charge in [0.25, 0.3) is 10.0 Å². The number of aromatic amines is 1. The Bertz CT molecular complexity index is 831. The zero-order chi connectivity index (χ0) is 14.3. The lowest BCUT2D eigenvalue weighted by atomic mass is 10.3. The Labute approximate surface area is 124 Å². The van der Waals surface area contributed by atoms with E-state index in [0.717, 1.165) is 22.4 Å². The van der Waals surface area contributed by atoms with Crippen LogP contribution in [0.15, 0.2) is 34.5 Å². The van der Waals surface area contributed by atoms with Crippen LogP contribution in [0.2, 0.25) is 4.34 Å². The highest BCUT2D eigenvalue weighted by atomic mass is 35.5. The predicted molar refractivity (Wildman–Crippen MR) is 81.0 cm³/mol. The van der Waals surface area contributed by atoms with Crippen LogP contribution < -0.4 is 4.72 Å². The number of para-hydroxylation sites is 2. The second kappa shape index (κ2) is 4.76. The lowest BCUT2D eigenvalue weighted by molar-refractivity contribution is 0.603. The lowest BCUT2D eigenvalue weighted by Crippen LogP contribution is -2.12. The Hall–Kier alpha value is -1.57. The molecule has 0 spiro atoms. The number of H-pyrrole nitrogens is 1. The quantitative estimate of drug-likeness (QED) is 0.774. The topological polar surface area (TPSA) is 74.8 Å². The number of aryl methyl sites for hydroxylation is 1. The largest absolute Gasteiger partial charge is 0.323 e. The molecule has 3 rings (SSSR count). The normalized spacial score (nSPS) is 11.9. The summed E-state index contributed by atoms with van der Waals surface area (Å²) in [4.78, 5) is 7.09. The molecule has 2 heterocycles. The third kappa shape index (κ3) is 2.39. The molecule has 0 aliphatic carbocycles. The summed E-state index contributed by atoms with van der Waals surface area (Å²) < 4.78 is 27.5. The fraction of sp³-hybridized carbons (Fsp3) is 0.0833. The van der Waals surface area contributed by atoms with Gasteiger partial charge < -0.3 is 4.98 Å². The molecule has 0 unspecified atom stereocenters. The number of halogens is 1. The van der Waals surface area contributed by atoms with Crippen molar-refractivity contribution in [3.05, 3.63) is 40.2 Å². The van der Waals surface area contributed by atoms with Gasteiger partial charge in [0.2, 0.25) is 5.95 Å². The van der Waals surface area contributed by atoms with Crippen LogP contribution in [0.3, 0.4) is 0 Å². The minimum atomic E-state index is -3.67. The Balaban J connectivity index is 1.96. The van der Waals surface area contributed by atoms with Crippen LogP contribution in [0.4, 0.5) is 5.95 Å². The number of hydrogen-bond acceptors (Lipinski definition) is 4. The number of imidazole rings is 1. The summed E-state index contributed by atoms with van der Waals surface area (Å²) in [5.41, 5.74) is 2.21. The molecular weight excluding hydrogens is 318 g/mol. The summed E-state index contributed by atoms with van der Waals surface area (Å²) in [5.74, 6) is 0.188. The Morgan fingerprint density at radius 2 is 2.10 bits per heavy atom. The van der Waals surface area contributed by atoms with E-state index in [4.69, 9.17) is 11.6 Å². The number of anilines is 1. The van der Waals surface area contributed by atoms with E-state index in [2.05, 4.69) is 14.7 Å². The van der Waals surface area contributed by atoms with Crippen molar-refractivity contribution in [2.75, 3.05) is 4.72 Å². The predicted octanol–water partition coefficient (Wildman–Crippen LogP) is 3.39. The Kier molecular flexibility index (Phi) is 3.19. The minimum absolute atomic E-state index is 0.167. The standard InChI is InChI=1S/C12H10ClN3O2S2/c1-7-6-10(19-11(7)13)20(17,18)16-12-14-8-4-2-3-5-9(8)15-12/h2-6H,1H3,(H2,14,15,16). The third-order valence-corrected chi connectivity index (χ3v) is 6.09. The monoisotopic (exact) mass is 327 g/mol. The summed E-state index contributed by atoms with van der Waals surface area (Å²) in [6, 6.07) is 8.85. The van der Waals surface area contributed by atoms with Crippen molar-refractivity contribution in [3.8, 4) is 0 Å². The third-order valence-electron chi connectivity index (χ3n) is 2.72. The van der Waals surface area contributed by atoms with Crippen LogP contribution >= 0.6 is 22.9 Å². The van der Waals surface area contributed by atoms with Gasteiger partial charge in [-0.15, -0.1) is 11.3 Å². The Morgan fingerprint density at radius 1 is 1.35 bits per heavy atom. The first-order valence-corrected chi connectivity index (χ1v) is 8.37. The van der Waals surface area contributed by atoms with Gasteiger partial charge in [-0.3, -0.25) is 0 Å². The van der Waals surface area contributed by atoms with E-state index in [0.29, 0.717) is 9.85 Å². The molecule has 0 atom stereocenters. The van der Waals surface area contributed by atoms with Crippen LogP contribution in [0.5, 0.6) is 0 Å². The minimum Gasteiger partial charge on any atom is -0.323 e. The van der Waals surface area contributed by atoms with Gasteiger partial charge in [0.05, 0.1) is 15.4 Å². The highest BCUT2D eigenvalue weighted by molar-refractivity contribution is 7.94. The van der Waals surface area contributed by atoms with E-state index in [1.165, 1.54) is 6.07 Å². The fourth-order valence-corrected chi connectivity index (χ4v) is 4.41. The molecule has 2 N–H and O–H groups in total. The molecule has 2 aromatic heterocycles. The molecule has 1 aromatic carbocycles. The molecule has 0 bridgehead atoms. The summed E-state index contributed by atoms with van der Waals surface area (Å²) in [6.07, 6.45) is 0. The van der Waals surface area contributed by atoms with Crippen LogP contribution in [0.25, 0.3) is 11.0 Å². The van der Waals surface area contributed by atoms with E-state index in [1.807, 2.05) is 18.2 Å². The molecule has 3 aromatic rings. The number of aromatic nitrogens is 2. The van der Waals surface area contributed by atoms with Crippen LogP contribution in [-0.4, -0.2) is 18.4 Å². The van der Waals surface area contributed by atoms with Crippen molar-refractivity contribution < 1.29 is 8.42 Å². The SMILES string of the molecule is Cc1cc(S(=O)(=O)Nc2nc3ccccc3[nH]2)sc1Cl. The van der Waals surface area contributed by atoms with Gasteiger partial charge in [0, 0.05) is 0 Å². The number of hydrogen-bond donors (Lipinski definition) is 2. The summed E-state index contributed by atoms with van der Waals surface area (Å²) in [5, 5.41) is 0. The number of rotatable bonds is 3. The van der Waals surface area contributed by atoms with Gasteiger partial charge in [0.1, 0.15) is 4.21 Å². The van der Waals surface area contributed by atoms with Gasteiger partial charge >= 0.3 is 0 Å². The van der Waals surface area contributed by atoms with E-state index >= 15 is 0 Å². The first-order chi connectivity index (χ1) is 9.45. The number of sulfonamides is 1. The van der Waals surface area contributed by atoms with E-state index in [9.17, 15) is 8.42 Å². The molecule has 0 aliphatic rings. The maximum Gasteiger partial charge on any atom is 0.273 e. The summed E-state index contributed by atoms with van der Waals surface area (Å²) in [7, 11) is -3.67. The van der Waals surface area contributed by atoms with Crippen molar-refractivity contribution >= 4 is 49.9 Å². The van der Waals surface area contributed by atoms with Gasteiger partial charge in [-0.25, -0.2) is 18.1 Å². The molecule has 20 heavy (non-hydrogen) atoms. The molecule has 0 saturated carbocycles. The van der Waals surface area contributed by atoms with Crippen LogP contribution in [0.1, 0.15) is 5.56 Å². The van der Waals surface area contributed by atoms with E-state index in [1.54, 1.807) is 13.0 Å². The zero-order valence-electron chi connectivity index (χ0n) is 10.3. The smallest absolute Gasteiger partial charge is 0.273 e. The van der Waals surface area contributed by atoms with Gasteiger partial charge in [-0.05, 0) is 30.7 Å². The van der Waals surface area contributed by atoms with E-state index < -0.39 is 10.0 Å². The molecule has 0 aliphatic heterocycles. The molecule has 0 saturated heterocycles. The number of fused-ring (bicyclic) bond motifs is 1. The number of thiophene rings is 1. The maximum atomic E-state index is 12.2. The van der Waals surface area contributed by atoms with Crippen molar-refractivity contribution in [2.45, 2.75) is 11.1 Å². The first kappa shape index (κ1) is 13.4. The number of benzene rings is 1. The van der Waals surface area contributed by atoms with Crippen LogP contribution in [0, 0.1) is 6.92 Å². The van der Waals surface area contributed by atoms with Gasteiger partial charge in [0.15, 0.2) is 0 Å². The van der Waals surface area contributed by atoms with Crippen molar-refractivity contribution in [2.24, 2.45) is 0 Å². The second-order valence-electron chi connectivity index (χ2n) is 4.23. The summed E-state index contributed by atoms with van der Waals surface area (Å²) >= 11 is 6.93. The first-order valence-electron chi connectivity index (χ1n) is 5.69. The molecule has 5 nitrogen and oxygen atoms in total.